The second-order valence-electron chi connectivity index (χ2n) is 9.84. The molecule has 0 bridgehead atoms. The van der Waals surface area contributed by atoms with E-state index in [2.05, 4.69) is 48.9 Å². The molecule has 0 unspecified atom stereocenters. The number of hydrogen-bond donors (Lipinski definition) is 3. The predicted octanol–water partition coefficient (Wildman–Crippen LogP) is 3.80. The van der Waals surface area contributed by atoms with E-state index in [1.165, 1.54) is 24.8 Å². The molecule has 3 N–H and O–H groups in total. The van der Waals surface area contributed by atoms with Crippen LogP contribution in [0.4, 0.5) is 16.2 Å². The summed E-state index contributed by atoms with van der Waals surface area (Å²) in [4.78, 5) is 33.6. The molecule has 2 aliphatic rings. The molecular weight excluding hydrogens is 452 g/mol. The van der Waals surface area contributed by atoms with Crippen molar-refractivity contribution in [1.82, 2.24) is 20.5 Å². The average molecular weight is 493 g/mol. The Labute approximate surface area is 214 Å². The molecule has 36 heavy (non-hydrogen) atoms. The van der Waals surface area contributed by atoms with Crippen molar-refractivity contribution < 1.29 is 9.59 Å². The van der Waals surface area contributed by atoms with E-state index in [1.807, 2.05) is 30.6 Å². The zero-order valence-electron chi connectivity index (χ0n) is 21.3. The summed E-state index contributed by atoms with van der Waals surface area (Å²) in [5.74, 6) is -0.0204. The maximum atomic E-state index is 12.6. The Hall–Kier alpha value is -3.13. The van der Waals surface area contributed by atoms with Gasteiger partial charge in [0.05, 0.1) is 11.4 Å². The predicted molar refractivity (Wildman–Crippen MR) is 144 cm³/mol. The first kappa shape index (κ1) is 25.9. The molecule has 0 radical (unpaired) electrons. The zero-order chi connectivity index (χ0) is 25.0. The number of pyridine rings is 1. The Morgan fingerprint density at radius 1 is 0.944 bits per heavy atom. The van der Waals surface area contributed by atoms with E-state index in [0.717, 1.165) is 63.4 Å². The third kappa shape index (κ3) is 8.22. The Bertz CT molecular complexity index is 956. The van der Waals surface area contributed by atoms with Crippen LogP contribution in [0.1, 0.15) is 50.5 Å². The van der Waals surface area contributed by atoms with Crippen LogP contribution in [0.2, 0.25) is 0 Å². The van der Waals surface area contributed by atoms with Crippen molar-refractivity contribution in [2.75, 3.05) is 49.5 Å². The average Bonchev–Trinajstić information content (AvgIpc) is 2.92. The fraction of sp³-hybridized carbons (Fsp3) is 0.536. The normalized spacial score (nSPS) is 16.9. The summed E-state index contributed by atoms with van der Waals surface area (Å²) in [6, 6.07) is 12.4. The Morgan fingerprint density at radius 3 is 2.47 bits per heavy atom. The highest BCUT2D eigenvalue weighted by molar-refractivity contribution is 5.94. The quantitative estimate of drug-likeness (QED) is 0.439. The minimum absolute atomic E-state index is 0.0204. The highest BCUT2D eigenvalue weighted by atomic mass is 16.2. The minimum atomic E-state index is -0.118. The van der Waals surface area contributed by atoms with Gasteiger partial charge in [-0.1, -0.05) is 31.4 Å². The first-order valence-electron chi connectivity index (χ1n) is 13.5. The number of carbonyl (C=O) groups is 2. The van der Waals surface area contributed by atoms with Gasteiger partial charge in [-0.2, -0.15) is 0 Å². The molecule has 8 heteroatoms. The standard InChI is InChI=1S/C28H40N6O2/c35-27(11-6-15-30-28(36)31-24-7-2-1-3-8-24)32-25-9-4-5-10-26(25)34-21-19-33(20-22-34)18-14-23-12-16-29-17-13-23/h4-5,9-10,12-13,16-17,24H,1-3,6-8,11,14-15,18-22H2,(H,32,35)(H2,30,31,36). The van der Waals surface area contributed by atoms with E-state index in [-0.39, 0.29) is 11.9 Å². The molecule has 8 nitrogen and oxygen atoms in total. The van der Waals surface area contributed by atoms with E-state index < -0.39 is 0 Å². The minimum Gasteiger partial charge on any atom is -0.367 e. The van der Waals surface area contributed by atoms with Gasteiger partial charge >= 0.3 is 6.03 Å². The third-order valence-corrected chi connectivity index (χ3v) is 7.16. The number of piperazine rings is 1. The smallest absolute Gasteiger partial charge is 0.315 e. The zero-order valence-corrected chi connectivity index (χ0v) is 21.3. The number of aromatic nitrogens is 1. The van der Waals surface area contributed by atoms with Gasteiger partial charge in [-0.25, -0.2) is 4.79 Å². The van der Waals surface area contributed by atoms with Gasteiger partial charge in [0.1, 0.15) is 0 Å². The van der Waals surface area contributed by atoms with E-state index in [4.69, 9.17) is 0 Å². The van der Waals surface area contributed by atoms with Crippen LogP contribution in [0.25, 0.3) is 0 Å². The van der Waals surface area contributed by atoms with Gasteiger partial charge in [0, 0.05) is 64.1 Å². The lowest BCUT2D eigenvalue weighted by Gasteiger charge is -2.37. The molecule has 0 atom stereocenters. The van der Waals surface area contributed by atoms with Gasteiger partial charge in [0.15, 0.2) is 0 Å². The number of rotatable bonds is 10. The van der Waals surface area contributed by atoms with E-state index in [0.29, 0.717) is 25.4 Å². The molecule has 3 amide bonds. The lowest BCUT2D eigenvalue weighted by Crippen LogP contribution is -2.47. The number of hydrogen-bond acceptors (Lipinski definition) is 5. The lowest BCUT2D eigenvalue weighted by molar-refractivity contribution is -0.116. The Kier molecular flexibility index (Phi) is 9.96. The summed E-state index contributed by atoms with van der Waals surface area (Å²) >= 11 is 0. The van der Waals surface area contributed by atoms with Crippen LogP contribution in [0.5, 0.6) is 0 Å². The number of benzene rings is 1. The SMILES string of the molecule is O=C(CCCNC(=O)NC1CCCCC1)Nc1ccccc1N1CCN(CCc2ccncc2)CC1. The van der Waals surface area contributed by atoms with Crippen molar-refractivity contribution in [3.63, 3.8) is 0 Å². The van der Waals surface area contributed by atoms with E-state index >= 15 is 0 Å². The second-order valence-corrected chi connectivity index (χ2v) is 9.84. The third-order valence-electron chi connectivity index (χ3n) is 7.16. The molecule has 1 saturated carbocycles. The first-order chi connectivity index (χ1) is 17.7. The summed E-state index contributed by atoms with van der Waals surface area (Å²) in [6.45, 7) is 5.41. The van der Waals surface area contributed by atoms with Gasteiger partial charge in [-0.05, 0) is 55.5 Å². The molecular formula is C28H40N6O2. The summed E-state index contributed by atoms with van der Waals surface area (Å²) in [7, 11) is 0. The van der Waals surface area contributed by atoms with Crippen LogP contribution in [0.15, 0.2) is 48.8 Å². The molecule has 4 rings (SSSR count). The summed E-state index contributed by atoms with van der Waals surface area (Å²) in [5, 5.41) is 9.03. The van der Waals surface area contributed by atoms with Crippen LogP contribution in [-0.2, 0) is 11.2 Å². The highest BCUT2D eigenvalue weighted by Gasteiger charge is 2.20. The maximum absolute atomic E-state index is 12.6. The van der Waals surface area contributed by atoms with Crippen LogP contribution in [0.3, 0.4) is 0 Å². The van der Waals surface area contributed by atoms with Gasteiger partial charge < -0.3 is 20.9 Å². The van der Waals surface area contributed by atoms with Crippen molar-refractivity contribution >= 4 is 23.3 Å². The van der Waals surface area contributed by atoms with Crippen LogP contribution in [-0.4, -0.2) is 67.1 Å². The number of nitrogens with zero attached hydrogens (tertiary/aromatic N) is 3. The topological polar surface area (TPSA) is 89.6 Å². The first-order valence-corrected chi connectivity index (χ1v) is 13.5. The fourth-order valence-electron chi connectivity index (χ4n) is 5.05. The number of nitrogens with one attached hydrogen (secondary N) is 3. The molecule has 2 aromatic rings. The van der Waals surface area contributed by atoms with E-state index in [1.54, 1.807) is 0 Å². The maximum Gasteiger partial charge on any atom is 0.315 e. The fourth-order valence-corrected chi connectivity index (χ4v) is 5.05. The van der Waals surface area contributed by atoms with Gasteiger partial charge in [0.2, 0.25) is 5.91 Å². The van der Waals surface area contributed by atoms with Crippen LogP contribution in [0, 0.1) is 0 Å². The van der Waals surface area contributed by atoms with Gasteiger partial charge in [0.25, 0.3) is 0 Å². The van der Waals surface area contributed by atoms with Crippen molar-refractivity contribution in [3.8, 4) is 0 Å². The molecule has 2 heterocycles. The molecule has 1 aliphatic carbocycles. The van der Waals surface area contributed by atoms with Gasteiger partial charge in [-0.3, -0.25) is 14.7 Å². The monoisotopic (exact) mass is 492 g/mol. The molecule has 1 aromatic heterocycles. The number of para-hydroxylation sites is 2. The van der Waals surface area contributed by atoms with Crippen LogP contribution >= 0.6 is 0 Å². The number of urea groups is 1. The summed E-state index contributed by atoms with van der Waals surface area (Å²) in [5.41, 5.74) is 3.25. The van der Waals surface area contributed by atoms with Crippen molar-refractivity contribution in [2.45, 2.75) is 57.4 Å². The number of anilines is 2. The molecule has 1 aliphatic heterocycles. The Balaban J connectivity index is 1.16. The van der Waals surface area contributed by atoms with Crippen LogP contribution < -0.4 is 20.9 Å². The number of amides is 3. The number of carbonyl (C=O) groups excluding carboxylic acids is 2. The van der Waals surface area contributed by atoms with Crippen molar-refractivity contribution in [1.29, 1.82) is 0 Å². The molecule has 194 valence electrons. The van der Waals surface area contributed by atoms with Crippen molar-refractivity contribution in [2.24, 2.45) is 0 Å². The molecule has 1 saturated heterocycles. The highest BCUT2D eigenvalue weighted by Crippen LogP contribution is 2.27. The molecule has 1 aromatic carbocycles. The Morgan fingerprint density at radius 2 is 1.69 bits per heavy atom. The largest absolute Gasteiger partial charge is 0.367 e. The summed E-state index contributed by atoms with van der Waals surface area (Å²) in [6.07, 6.45) is 11.5. The van der Waals surface area contributed by atoms with Crippen molar-refractivity contribution in [3.05, 3.63) is 54.4 Å². The summed E-state index contributed by atoms with van der Waals surface area (Å²) < 4.78 is 0. The van der Waals surface area contributed by atoms with Gasteiger partial charge in [-0.15, -0.1) is 0 Å². The molecule has 2 fully saturated rings. The van der Waals surface area contributed by atoms with E-state index in [9.17, 15) is 9.59 Å². The lowest BCUT2D eigenvalue weighted by atomic mass is 9.96. The molecule has 0 spiro atoms. The second kappa shape index (κ2) is 13.8.